The largest absolute Gasteiger partial charge is 0.485 e. The summed E-state index contributed by atoms with van der Waals surface area (Å²) in [6.07, 6.45) is 0.649. The van der Waals surface area contributed by atoms with E-state index in [-0.39, 0.29) is 12.1 Å². The highest BCUT2D eigenvalue weighted by atomic mass is 35.5. The van der Waals surface area contributed by atoms with E-state index in [1.807, 2.05) is 42.5 Å². The summed E-state index contributed by atoms with van der Waals surface area (Å²) in [5.74, 6) is 0.799. The van der Waals surface area contributed by atoms with Crippen molar-refractivity contribution in [2.24, 2.45) is 5.73 Å². The maximum atomic E-state index is 6.21. The van der Waals surface area contributed by atoms with Crippen molar-refractivity contribution < 1.29 is 4.74 Å². The Bertz CT molecular complexity index is 615. The fraction of sp³-hybridized carbons (Fsp3) is 0.200. The Balaban J connectivity index is 1.95. The smallest absolute Gasteiger partial charge is 0.126 e. The predicted molar refractivity (Wildman–Crippen MR) is 77.8 cm³/mol. The van der Waals surface area contributed by atoms with E-state index in [9.17, 15) is 0 Å². The molecule has 2 N–H and O–H groups in total. The van der Waals surface area contributed by atoms with Gasteiger partial charge in [-0.15, -0.1) is 0 Å². The Morgan fingerprint density at radius 3 is 2.63 bits per heavy atom. The first-order valence-electron chi connectivity index (χ1n) is 6.10. The zero-order valence-corrected chi connectivity index (χ0v) is 11.7. The van der Waals surface area contributed by atoms with Crippen molar-refractivity contribution in [3.8, 4) is 5.75 Å². The van der Waals surface area contributed by atoms with Gasteiger partial charge in [0, 0.05) is 28.1 Å². The number of nitrogens with two attached hydrogens (primary N) is 1. The van der Waals surface area contributed by atoms with Crippen molar-refractivity contribution in [1.82, 2.24) is 0 Å². The topological polar surface area (TPSA) is 35.2 Å². The van der Waals surface area contributed by atoms with Gasteiger partial charge in [-0.2, -0.15) is 0 Å². The van der Waals surface area contributed by atoms with E-state index in [2.05, 4.69) is 0 Å². The van der Waals surface area contributed by atoms with Crippen LogP contribution in [0.4, 0.5) is 0 Å². The molecule has 0 radical (unpaired) electrons. The van der Waals surface area contributed by atoms with Gasteiger partial charge in [0.1, 0.15) is 11.9 Å². The minimum Gasteiger partial charge on any atom is -0.485 e. The van der Waals surface area contributed by atoms with Gasteiger partial charge in [0.25, 0.3) is 0 Å². The van der Waals surface area contributed by atoms with Crippen LogP contribution in [-0.4, -0.2) is 0 Å². The minimum atomic E-state index is -0.0774. The van der Waals surface area contributed by atoms with Gasteiger partial charge in [-0.1, -0.05) is 35.3 Å². The van der Waals surface area contributed by atoms with Crippen LogP contribution in [0.15, 0.2) is 42.5 Å². The number of ether oxygens (including phenoxy) is 1. The van der Waals surface area contributed by atoms with Crippen molar-refractivity contribution in [1.29, 1.82) is 0 Å². The van der Waals surface area contributed by atoms with Crippen LogP contribution in [0.25, 0.3) is 0 Å². The lowest BCUT2D eigenvalue weighted by molar-refractivity contribution is 0.161. The molecule has 0 amide bonds. The van der Waals surface area contributed by atoms with Gasteiger partial charge in [-0.05, 0) is 35.9 Å². The fourth-order valence-electron chi connectivity index (χ4n) is 2.39. The van der Waals surface area contributed by atoms with Crippen LogP contribution >= 0.6 is 23.2 Å². The molecule has 0 spiro atoms. The summed E-state index contributed by atoms with van der Waals surface area (Å²) in [5.41, 5.74) is 8.22. The van der Waals surface area contributed by atoms with E-state index in [1.165, 1.54) is 0 Å². The number of rotatable bonds is 1. The lowest BCUT2D eigenvalue weighted by Crippen LogP contribution is -2.24. The normalized spacial score (nSPS) is 21.6. The quantitative estimate of drug-likeness (QED) is 0.839. The molecule has 0 saturated carbocycles. The first kappa shape index (κ1) is 12.8. The van der Waals surface area contributed by atoms with Gasteiger partial charge in [0.2, 0.25) is 0 Å². The average Bonchev–Trinajstić information content (AvgIpc) is 2.39. The summed E-state index contributed by atoms with van der Waals surface area (Å²) in [7, 11) is 0. The van der Waals surface area contributed by atoms with E-state index >= 15 is 0 Å². The first-order chi connectivity index (χ1) is 9.13. The minimum absolute atomic E-state index is 0.0672. The van der Waals surface area contributed by atoms with Crippen LogP contribution in [0.3, 0.4) is 0 Å². The SMILES string of the molecule is N[C@H]1CC(c2cccc(Cl)c2)Oc2ccc(Cl)cc21. The van der Waals surface area contributed by atoms with Crippen molar-refractivity contribution in [2.45, 2.75) is 18.6 Å². The van der Waals surface area contributed by atoms with Crippen LogP contribution < -0.4 is 10.5 Å². The third kappa shape index (κ3) is 2.57. The molecule has 0 saturated heterocycles. The molecule has 2 nitrogen and oxygen atoms in total. The lowest BCUT2D eigenvalue weighted by Gasteiger charge is -2.30. The highest BCUT2D eigenvalue weighted by Gasteiger charge is 2.27. The van der Waals surface area contributed by atoms with Crippen molar-refractivity contribution >= 4 is 23.2 Å². The zero-order chi connectivity index (χ0) is 13.4. The van der Waals surface area contributed by atoms with Gasteiger partial charge in [-0.25, -0.2) is 0 Å². The summed E-state index contributed by atoms with van der Waals surface area (Å²) in [6.45, 7) is 0. The van der Waals surface area contributed by atoms with Crippen molar-refractivity contribution in [3.05, 3.63) is 63.6 Å². The van der Waals surface area contributed by atoms with Gasteiger partial charge in [-0.3, -0.25) is 0 Å². The predicted octanol–water partition coefficient (Wildman–Crippen LogP) is 4.52. The van der Waals surface area contributed by atoms with Gasteiger partial charge < -0.3 is 10.5 Å². The van der Waals surface area contributed by atoms with Crippen molar-refractivity contribution in [3.63, 3.8) is 0 Å². The second-order valence-electron chi connectivity index (χ2n) is 4.69. The summed E-state index contributed by atoms with van der Waals surface area (Å²) in [6, 6.07) is 13.2. The van der Waals surface area contributed by atoms with Crippen LogP contribution in [0.1, 0.15) is 29.7 Å². The monoisotopic (exact) mass is 293 g/mol. The number of benzene rings is 2. The zero-order valence-electron chi connectivity index (χ0n) is 10.1. The molecule has 4 heteroatoms. The molecule has 0 fully saturated rings. The van der Waals surface area contributed by atoms with Gasteiger partial charge >= 0.3 is 0 Å². The second kappa shape index (κ2) is 5.04. The molecular weight excluding hydrogens is 281 g/mol. The molecule has 2 aromatic rings. The van der Waals surface area contributed by atoms with E-state index in [0.29, 0.717) is 16.5 Å². The Labute approximate surface area is 122 Å². The summed E-state index contributed by atoms with van der Waals surface area (Å²) in [5, 5.41) is 1.38. The molecule has 1 aliphatic heterocycles. The third-order valence-corrected chi connectivity index (χ3v) is 3.80. The van der Waals surface area contributed by atoms with Crippen LogP contribution in [0, 0.1) is 0 Å². The average molecular weight is 294 g/mol. The van der Waals surface area contributed by atoms with Crippen LogP contribution in [-0.2, 0) is 0 Å². The number of halogens is 2. The fourth-order valence-corrected chi connectivity index (χ4v) is 2.77. The molecule has 2 atom stereocenters. The molecular formula is C15H13Cl2NO. The standard InChI is InChI=1S/C15H13Cl2NO/c16-10-3-1-2-9(6-10)15-8-13(18)12-7-11(17)4-5-14(12)19-15/h1-7,13,15H,8,18H2/t13-,15?/m0/s1. The number of fused-ring (bicyclic) bond motifs is 1. The third-order valence-electron chi connectivity index (χ3n) is 3.33. The number of hydrogen-bond acceptors (Lipinski definition) is 2. The van der Waals surface area contributed by atoms with E-state index < -0.39 is 0 Å². The molecule has 3 rings (SSSR count). The Morgan fingerprint density at radius 1 is 1.05 bits per heavy atom. The van der Waals surface area contributed by atoms with E-state index in [0.717, 1.165) is 16.9 Å². The summed E-state index contributed by atoms with van der Waals surface area (Å²) < 4.78 is 6.00. The summed E-state index contributed by atoms with van der Waals surface area (Å²) >= 11 is 12.0. The molecule has 98 valence electrons. The molecule has 1 unspecified atom stereocenters. The molecule has 0 bridgehead atoms. The van der Waals surface area contributed by atoms with E-state index in [1.54, 1.807) is 0 Å². The van der Waals surface area contributed by atoms with Crippen molar-refractivity contribution in [2.75, 3.05) is 0 Å². The summed E-state index contributed by atoms with van der Waals surface area (Å²) in [4.78, 5) is 0. The molecule has 19 heavy (non-hydrogen) atoms. The number of hydrogen-bond donors (Lipinski definition) is 1. The Morgan fingerprint density at radius 2 is 1.84 bits per heavy atom. The van der Waals surface area contributed by atoms with E-state index in [4.69, 9.17) is 33.7 Å². The molecule has 0 aliphatic carbocycles. The first-order valence-corrected chi connectivity index (χ1v) is 6.86. The maximum Gasteiger partial charge on any atom is 0.126 e. The molecule has 2 aromatic carbocycles. The second-order valence-corrected chi connectivity index (χ2v) is 5.56. The van der Waals surface area contributed by atoms with Crippen LogP contribution in [0.2, 0.25) is 10.0 Å². The maximum absolute atomic E-state index is 6.21. The Hall–Kier alpha value is -1.22. The Kier molecular flexibility index (Phi) is 3.40. The molecule has 1 heterocycles. The highest BCUT2D eigenvalue weighted by molar-refractivity contribution is 6.31. The van der Waals surface area contributed by atoms with Crippen LogP contribution in [0.5, 0.6) is 5.75 Å². The lowest BCUT2D eigenvalue weighted by atomic mass is 9.94. The molecule has 1 aliphatic rings. The van der Waals surface area contributed by atoms with Gasteiger partial charge in [0.15, 0.2) is 0 Å². The van der Waals surface area contributed by atoms with Gasteiger partial charge in [0.05, 0.1) is 0 Å². The highest BCUT2D eigenvalue weighted by Crippen LogP contribution is 2.40. The molecule has 0 aromatic heterocycles.